The van der Waals surface area contributed by atoms with Crippen molar-refractivity contribution in [1.82, 2.24) is 0 Å². The first-order chi connectivity index (χ1) is 11.5. The van der Waals surface area contributed by atoms with E-state index >= 15 is 0 Å². The molecule has 3 aliphatic rings. The molecule has 2 amide bonds. The molecule has 6 heteroatoms. The average Bonchev–Trinajstić information content (AvgIpc) is 3.22. The Morgan fingerprint density at radius 3 is 2.33 bits per heavy atom. The molecule has 0 aliphatic carbocycles. The minimum atomic E-state index is -0.483. The van der Waals surface area contributed by atoms with Gasteiger partial charge in [-0.15, -0.1) is 0 Å². The molecule has 6 nitrogen and oxygen atoms in total. The number of ketones is 1. The molecular weight excluding hydrogens is 310 g/mol. The van der Waals surface area contributed by atoms with E-state index in [0.29, 0.717) is 23.6 Å². The van der Waals surface area contributed by atoms with Crippen molar-refractivity contribution in [2.45, 2.75) is 26.1 Å². The minimum Gasteiger partial charge on any atom is -0.492 e. The van der Waals surface area contributed by atoms with Crippen molar-refractivity contribution in [3.8, 4) is 5.75 Å². The number of hydrogen-bond donors (Lipinski definition) is 0. The Labute approximate surface area is 139 Å². The number of amides is 2. The summed E-state index contributed by atoms with van der Waals surface area (Å²) in [4.78, 5) is 38.6. The zero-order valence-corrected chi connectivity index (χ0v) is 13.4. The van der Waals surface area contributed by atoms with E-state index in [2.05, 4.69) is 0 Å². The van der Waals surface area contributed by atoms with E-state index in [1.165, 1.54) is 11.8 Å². The summed E-state index contributed by atoms with van der Waals surface area (Å²) in [5, 5.41) is 0. The maximum atomic E-state index is 12.9. The molecule has 1 aromatic rings. The number of nitrogens with zero attached hydrogens (tertiary/aromatic N) is 1. The SMILES string of the molecule is CCOc1ccc(C(C)=O)cc1N1C(=O)[C@@H]2[C@@H](C1=O)[C@H]1C=C[C@H]2O1. The molecule has 124 valence electrons. The molecule has 2 saturated heterocycles. The van der Waals surface area contributed by atoms with Crippen LogP contribution in [-0.4, -0.2) is 36.4 Å². The van der Waals surface area contributed by atoms with Gasteiger partial charge in [-0.25, -0.2) is 4.90 Å². The normalized spacial score (nSPS) is 30.2. The molecule has 0 radical (unpaired) electrons. The maximum absolute atomic E-state index is 12.9. The standard InChI is InChI=1S/C18H17NO5/c1-3-23-12-5-4-10(9(2)20)8-11(12)19-17(21)15-13-6-7-14(24-13)16(15)18(19)22/h4-8,13-16H,3H2,1-2H3/t13-,14-,15+,16+/m1/s1. The molecule has 3 heterocycles. The third-order valence-corrected chi connectivity index (χ3v) is 4.82. The Kier molecular flexibility index (Phi) is 3.31. The second-order valence-corrected chi connectivity index (χ2v) is 6.19. The lowest BCUT2D eigenvalue weighted by atomic mass is 9.85. The first kappa shape index (κ1) is 15.1. The molecule has 0 N–H and O–H groups in total. The fourth-order valence-corrected chi connectivity index (χ4v) is 3.73. The highest BCUT2D eigenvalue weighted by molar-refractivity contribution is 6.24. The van der Waals surface area contributed by atoms with E-state index in [1.54, 1.807) is 18.2 Å². The smallest absolute Gasteiger partial charge is 0.240 e. The van der Waals surface area contributed by atoms with Crippen LogP contribution in [0.15, 0.2) is 30.4 Å². The Bertz CT molecular complexity index is 754. The molecule has 0 aromatic heterocycles. The topological polar surface area (TPSA) is 72.9 Å². The van der Waals surface area contributed by atoms with Gasteiger partial charge in [0.2, 0.25) is 11.8 Å². The summed E-state index contributed by atoms with van der Waals surface area (Å²) in [5.74, 6) is -1.26. The number of imide groups is 1. The average molecular weight is 327 g/mol. The van der Waals surface area contributed by atoms with Crippen molar-refractivity contribution in [2.75, 3.05) is 11.5 Å². The van der Waals surface area contributed by atoms with Gasteiger partial charge in [-0.1, -0.05) is 12.2 Å². The van der Waals surface area contributed by atoms with Crippen LogP contribution in [0.3, 0.4) is 0 Å². The van der Waals surface area contributed by atoms with E-state index in [0.717, 1.165) is 0 Å². The number of benzene rings is 1. The Morgan fingerprint density at radius 2 is 1.79 bits per heavy atom. The predicted molar refractivity (Wildman–Crippen MR) is 84.9 cm³/mol. The number of carbonyl (C=O) groups excluding carboxylic acids is 3. The van der Waals surface area contributed by atoms with E-state index in [9.17, 15) is 14.4 Å². The number of Topliss-reactive ketones (excluding diaryl/α,β-unsaturated/α-hetero) is 1. The van der Waals surface area contributed by atoms with Crippen molar-refractivity contribution in [3.63, 3.8) is 0 Å². The van der Waals surface area contributed by atoms with Gasteiger partial charge in [-0.05, 0) is 32.0 Å². The van der Waals surface area contributed by atoms with Crippen molar-refractivity contribution < 1.29 is 23.9 Å². The van der Waals surface area contributed by atoms with Gasteiger partial charge >= 0.3 is 0 Å². The summed E-state index contributed by atoms with van der Waals surface area (Å²) in [6.07, 6.45) is 3.01. The Balaban J connectivity index is 1.78. The minimum absolute atomic E-state index is 0.136. The van der Waals surface area contributed by atoms with Crippen molar-refractivity contribution in [1.29, 1.82) is 0 Å². The summed E-state index contributed by atoms with van der Waals surface area (Å²) in [6.45, 7) is 3.66. The summed E-state index contributed by atoms with van der Waals surface area (Å²) in [5.41, 5.74) is 0.775. The van der Waals surface area contributed by atoms with E-state index in [1.807, 2.05) is 19.1 Å². The second kappa shape index (κ2) is 5.27. The van der Waals surface area contributed by atoms with Gasteiger partial charge in [0.25, 0.3) is 0 Å². The van der Waals surface area contributed by atoms with E-state index < -0.39 is 11.8 Å². The van der Waals surface area contributed by atoms with Crippen LogP contribution in [0.1, 0.15) is 24.2 Å². The van der Waals surface area contributed by atoms with Crippen molar-refractivity contribution >= 4 is 23.3 Å². The molecule has 0 unspecified atom stereocenters. The first-order valence-corrected chi connectivity index (χ1v) is 8.02. The predicted octanol–water partition coefficient (Wildman–Crippen LogP) is 1.73. The highest BCUT2D eigenvalue weighted by Gasteiger charge is 2.61. The van der Waals surface area contributed by atoms with Crippen LogP contribution < -0.4 is 9.64 Å². The number of ether oxygens (including phenoxy) is 2. The summed E-state index contributed by atoms with van der Waals surface area (Å²) < 4.78 is 11.2. The number of hydrogen-bond acceptors (Lipinski definition) is 5. The lowest BCUT2D eigenvalue weighted by molar-refractivity contribution is -0.124. The molecule has 4 atom stereocenters. The lowest BCUT2D eigenvalue weighted by Gasteiger charge is -2.21. The zero-order chi connectivity index (χ0) is 17.0. The first-order valence-electron chi connectivity index (χ1n) is 8.02. The Morgan fingerprint density at radius 1 is 1.17 bits per heavy atom. The van der Waals surface area contributed by atoms with Crippen LogP contribution in [0.25, 0.3) is 0 Å². The van der Waals surface area contributed by atoms with Gasteiger partial charge in [0.05, 0.1) is 36.3 Å². The largest absolute Gasteiger partial charge is 0.492 e. The number of anilines is 1. The van der Waals surface area contributed by atoms with Crippen molar-refractivity contribution in [2.24, 2.45) is 11.8 Å². The zero-order valence-electron chi connectivity index (χ0n) is 13.4. The van der Waals surface area contributed by atoms with Crippen LogP contribution >= 0.6 is 0 Å². The summed E-state index contributed by atoms with van der Waals surface area (Å²) >= 11 is 0. The molecule has 24 heavy (non-hydrogen) atoms. The van der Waals surface area contributed by atoms with Gasteiger partial charge in [0.1, 0.15) is 5.75 Å². The molecule has 3 aliphatic heterocycles. The van der Waals surface area contributed by atoms with Gasteiger partial charge in [-0.2, -0.15) is 0 Å². The molecule has 4 rings (SSSR count). The highest BCUT2D eigenvalue weighted by Crippen LogP contribution is 2.47. The van der Waals surface area contributed by atoms with Crippen LogP contribution in [0, 0.1) is 11.8 Å². The number of carbonyl (C=O) groups is 3. The van der Waals surface area contributed by atoms with E-state index in [4.69, 9.17) is 9.47 Å². The molecule has 0 spiro atoms. The third kappa shape index (κ3) is 1.96. The van der Waals surface area contributed by atoms with Crippen LogP contribution in [0.5, 0.6) is 5.75 Å². The Hall–Kier alpha value is -2.47. The summed E-state index contributed by atoms with van der Waals surface area (Å²) in [6, 6.07) is 4.82. The lowest BCUT2D eigenvalue weighted by Crippen LogP contribution is -2.34. The van der Waals surface area contributed by atoms with Crippen molar-refractivity contribution in [3.05, 3.63) is 35.9 Å². The van der Waals surface area contributed by atoms with Gasteiger partial charge in [0, 0.05) is 5.56 Å². The monoisotopic (exact) mass is 327 g/mol. The molecular formula is C18H17NO5. The van der Waals surface area contributed by atoms with E-state index in [-0.39, 0.29) is 29.8 Å². The van der Waals surface area contributed by atoms with Gasteiger partial charge in [0.15, 0.2) is 5.78 Å². The van der Waals surface area contributed by atoms with Crippen LogP contribution in [0.2, 0.25) is 0 Å². The second-order valence-electron chi connectivity index (χ2n) is 6.19. The molecule has 2 fully saturated rings. The quantitative estimate of drug-likeness (QED) is 0.478. The number of fused-ring (bicyclic) bond motifs is 5. The van der Waals surface area contributed by atoms with Gasteiger partial charge in [-0.3, -0.25) is 14.4 Å². The fraction of sp³-hybridized carbons (Fsp3) is 0.389. The number of rotatable bonds is 4. The fourth-order valence-electron chi connectivity index (χ4n) is 3.73. The highest BCUT2D eigenvalue weighted by atomic mass is 16.5. The maximum Gasteiger partial charge on any atom is 0.240 e. The van der Waals surface area contributed by atoms with Crippen LogP contribution in [-0.2, 0) is 14.3 Å². The molecule has 0 saturated carbocycles. The molecule has 1 aromatic carbocycles. The molecule has 2 bridgehead atoms. The van der Waals surface area contributed by atoms with Gasteiger partial charge < -0.3 is 9.47 Å². The van der Waals surface area contributed by atoms with Crippen LogP contribution in [0.4, 0.5) is 5.69 Å². The third-order valence-electron chi connectivity index (χ3n) is 4.82. The summed E-state index contributed by atoms with van der Waals surface area (Å²) in [7, 11) is 0.